The molecule has 0 saturated heterocycles. The molecular weight excluding hydrogens is 254 g/mol. The number of aromatic nitrogens is 3. The molecule has 20 heavy (non-hydrogen) atoms. The van der Waals surface area contributed by atoms with Crippen molar-refractivity contribution in [2.45, 2.75) is 40.2 Å². The Morgan fingerprint density at radius 1 is 1.40 bits per heavy atom. The number of aryl methyl sites for hydroxylation is 2. The third-order valence-electron chi connectivity index (χ3n) is 3.57. The molecule has 2 heterocycles. The largest absolute Gasteiger partial charge is 0.383 e. The fourth-order valence-electron chi connectivity index (χ4n) is 2.34. The first-order valence-corrected chi connectivity index (χ1v) is 6.88. The van der Waals surface area contributed by atoms with Crippen molar-refractivity contribution in [1.29, 1.82) is 0 Å². The molecule has 2 aromatic rings. The highest BCUT2D eigenvalue weighted by Gasteiger charge is 2.15. The van der Waals surface area contributed by atoms with Gasteiger partial charge in [-0.1, -0.05) is 6.92 Å². The molecule has 0 aliphatic rings. The minimum Gasteiger partial charge on any atom is -0.383 e. The van der Waals surface area contributed by atoms with Gasteiger partial charge in [0, 0.05) is 25.2 Å². The summed E-state index contributed by atoms with van der Waals surface area (Å²) in [5, 5.41) is 3.77. The van der Waals surface area contributed by atoms with Crippen LogP contribution >= 0.6 is 0 Å². The monoisotopic (exact) mass is 275 g/mol. The maximum absolute atomic E-state index is 11.7. The van der Waals surface area contributed by atoms with Crippen molar-refractivity contribution in [3.8, 4) is 0 Å². The zero-order valence-corrected chi connectivity index (χ0v) is 12.2. The van der Waals surface area contributed by atoms with Crippen molar-refractivity contribution in [2.24, 2.45) is 0 Å². The van der Waals surface area contributed by atoms with Gasteiger partial charge in [0.25, 0.3) is 0 Å². The Morgan fingerprint density at radius 3 is 2.85 bits per heavy atom. The maximum Gasteiger partial charge on any atom is 0.221 e. The second kappa shape index (κ2) is 5.90. The lowest BCUT2D eigenvalue weighted by molar-refractivity contribution is -0.121. The van der Waals surface area contributed by atoms with E-state index < -0.39 is 0 Å². The second-order valence-corrected chi connectivity index (χ2v) is 4.92. The van der Waals surface area contributed by atoms with Gasteiger partial charge < -0.3 is 15.6 Å². The van der Waals surface area contributed by atoms with Crippen molar-refractivity contribution < 1.29 is 4.79 Å². The lowest BCUT2D eigenvalue weighted by atomic mass is 10.2. The number of nitrogens with one attached hydrogen (secondary N) is 1. The fourth-order valence-corrected chi connectivity index (χ4v) is 2.34. The minimum atomic E-state index is 0.0628. The molecule has 3 N–H and O–H groups in total. The van der Waals surface area contributed by atoms with E-state index in [1.807, 2.05) is 25.3 Å². The number of hydrogen-bond acceptors (Lipinski definition) is 4. The van der Waals surface area contributed by atoms with E-state index in [0.717, 1.165) is 35.3 Å². The van der Waals surface area contributed by atoms with Gasteiger partial charge in [-0.15, -0.1) is 0 Å². The number of nitrogens with two attached hydrogens (primary N) is 1. The Kier molecular flexibility index (Phi) is 4.22. The molecule has 0 aliphatic carbocycles. The van der Waals surface area contributed by atoms with Gasteiger partial charge in [-0.2, -0.15) is 0 Å². The Bertz CT molecular complexity index is 632. The average molecular weight is 275 g/mol. The summed E-state index contributed by atoms with van der Waals surface area (Å²) in [6, 6.07) is 0. The van der Waals surface area contributed by atoms with Gasteiger partial charge in [-0.3, -0.25) is 4.79 Å². The zero-order valence-electron chi connectivity index (χ0n) is 12.2. The van der Waals surface area contributed by atoms with Gasteiger partial charge in [0.1, 0.15) is 17.8 Å². The highest BCUT2D eigenvalue weighted by molar-refractivity contribution is 5.90. The van der Waals surface area contributed by atoms with Crippen LogP contribution in [0.3, 0.4) is 0 Å². The fraction of sp³-hybridized carbons (Fsp3) is 0.500. The quantitative estimate of drug-likeness (QED) is 0.866. The first-order chi connectivity index (χ1) is 9.56. The third kappa shape index (κ3) is 2.59. The first-order valence-electron chi connectivity index (χ1n) is 6.88. The van der Waals surface area contributed by atoms with Crippen molar-refractivity contribution >= 4 is 22.8 Å². The van der Waals surface area contributed by atoms with Crippen LogP contribution in [0.2, 0.25) is 0 Å². The molecule has 0 saturated carbocycles. The number of nitrogens with zero attached hydrogens (tertiary/aromatic N) is 3. The van der Waals surface area contributed by atoms with Crippen LogP contribution in [0, 0.1) is 13.8 Å². The highest BCUT2D eigenvalue weighted by Crippen LogP contribution is 2.26. The van der Waals surface area contributed by atoms with E-state index in [4.69, 9.17) is 5.73 Å². The predicted molar refractivity (Wildman–Crippen MR) is 79.3 cm³/mol. The summed E-state index contributed by atoms with van der Waals surface area (Å²) >= 11 is 0. The number of carbonyl (C=O) groups is 1. The molecule has 1 amide bonds. The lowest BCUT2D eigenvalue weighted by Crippen LogP contribution is -2.25. The highest BCUT2D eigenvalue weighted by atomic mass is 16.1. The van der Waals surface area contributed by atoms with Crippen molar-refractivity contribution in [3.63, 3.8) is 0 Å². The van der Waals surface area contributed by atoms with E-state index in [2.05, 4.69) is 15.3 Å². The van der Waals surface area contributed by atoms with Gasteiger partial charge in [0.15, 0.2) is 0 Å². The topological polar surface area (TPSA) is 85.8 Å². The molecule has 0 spiro atoms. The Hall–Kier alpha value is -2.11. The summed E-state index contributed by atoms with van der Waals surface area (Å²) < 4.78 is 2.04. The van der Waals surface area contributed by atoms with Crippen LogP contribution in [0.5, 0.6) is 0 Å². The van der Waals surface area contributed by atoms with E-state index in [9.17, 15) is 4.79 Å². The average Bonchev–Trinajstić information content (AvgIpc) is 2.68. The van der Waals surface area contributed by atoms with E-state index in [1.54, 1.807) is 0 Å². The molecule has 108 valence electrons. The molecule has 0 unspecified atom stereocenters. The molecular formula is C14H21N5O. The van der Waals surface area contributed by atoms with Gasteiger partial charge in [-0.05, 0) is 25.8 Å². The minimum absolute atomic E-state index is 0.0628. The van der Waals surface area contributed by atoms with Gasteiger partial charge in [0.2, 0.25) is 5.91 Å². The van der Waals surface area contributed by atoms with E-state index in [1.165, 1.54) is 6.33 Å². The molecule has 0 aliphatic heterocycles. The molecule has 0 aromatic carbocycles. The van der Waals surface area contributed by atoms with E-state index in [-0.39, 0.29) is 5.91 Å². The molecule has 2 aromatic heterocycles. The lowest BCUT2D eigenvalue weighted by Gasteiger charge is -2.08. The van der Waals surface area contributed by atoms with Crippen molar-refractivity contribution in [3.05, 3.63) is 17.6 Å². The van der Waals surface area contributed by atoms with E-state index in [0.29, 0.717) is 18.8 Å². The predicted octanol–water partition coefficient (Wildman–Crippen LogP) is 1.55. The van der Waals surface area contributed by atoms with Crippen LogP contribution in [0.15, 0.2) is 6.33 Å². The number of fused-ring (bicyclic) bond motifs is 1. The number of anilines is 1. The summed E-state index contributed by atoms with van der Waals surface area (Å²) in [6.07, 6.45) is 2.85. The second-order valence-electron chi connectivity index (χ2n) is 4.92. The number of nitrogen functional groups attached to an aromatic ring is 1. The van der Waals surface area contributed by atoms with Crippen LogP contribution < -0.4 is 11.1 Å². The van der Waals surface area contributed by atoms with Crippen LogP contribution in [0.1, 0.15) is 31.0 Å². The Balaban J connectivity index is 2.24. The summed E-state index contributed by atoms with van der Waals surface area (Å²) in [7, 11) is 0. The Morgan fingerprint density at radius 2 is 2.15 bits per heavy atom. The molecule has 6 nitrogen and oxygen atoms in total. The summed E-state index contributed by atoms with van der Waals surface area (Å²) in [5.41, 5.74) is 8.87. The first kappa shape index (κ1) is 14.3. The zero-order chi connectivity index (χ0) is 14.7. The summed E-state index contributed by atoms with van der Waals surface area (Å²) in [4.78, 5) is 20.1. The van der Waals surface area contributed by atoms with E-state index >= 15 is 0 Å². The van der Waals surface area contributed by atoms with Gasteiger partial charge >= 0.3 is 0 Å². The molecule has 6 heteroatoms. The normalized spacial score (nSPS) is 10.9. The smallest absolute Gasteiger partial charge is 0.221 e. The van der Waals surface area contributed by atoms with Gasteiger partial charge in [-0.25, -0.2) is 9.97 Å². The molecule has 0 bridgehead atoms. The molecule has 0 atom stereocenters. The van der Waals surface area contributed by atoms with Gasteiger partial charge in [0.05, 0.1) is 5.39 Å². The maximum atomic E-state index is 11.7. The summed E-state index contributed by atoms with van der Waals surface area (Å²) in [6.45, 7) is 7.37. The number of rotatable bonds is 5. The van der Waals surface area contributed by atoms with Crippen LogP contribution in [0.25, 0.3) is 11.0 Å². The SMILES string of the molecule is CCCNC(=O)CCn1c(C)c(C)c2c(N)ncnc21. The van der Waals surface area contributed by atoms with Crippen LogP contribution in [-0.2, 0) is 11.3 Å². The standard InChI is InChI=1S/C14H21N5O/c1-4-6-16-11(20)5-7-19-10(3)9(2)12-13(15)17-8-18-14(12)19/h8H,4-7H2,1-3H3,(H,16,20)(H2,15,17,18). The van der Waals surface area contributed by atoms with Crippen molar-refractivity contribution in [2.75, 3.05) is 12.3 Å². The Labute approximate surface area is 118 Å². The number of hydrogen-bond donors (Lipinski definition) is 2. The molecule has 2 rings (SSSR count). The van der Waals surface area contributed by atoms with Crippen LogP contribution in [-0.4, -0.2) is 27.0 Å². The summed E-state index contributed by atoms with van der Waals surface area (Å²) in [5.74, 6) is 0.553. The molecule has 0 radical (unpaired) electrons. The number of amides is 1. The van der Waals surface area contributed by atoms with Crippen molar-refractivity contribution in [1.82, 2.24) is 19.9 Å². The number of carbonyl (C=O) groups excluding carboxylic acids is 1. The molecule has 0 fully saturated rings. The third-order valence-corrected chi connectivity index (χ3v) is 3.57. The van der Waals surface area contributed by atoms with Crippen LogP contribution in [0.4, 0.5) is 5.82 Å².